The highest BCUT2D eigenvalue weighted by Gasteiger charge is 2.18. The molecule has 11 heteroatoms. The molecule has 170 valence electrons. The van der Waals surface area contributed by atoms with Crippen LogP contribution in [0.25, 0.3) is 0 Å². The van der Waals surface area contributed by atoms with Gasteiger partial charge in [0, 0.05) is 6.54 Å². The van der Waals surface area contributed by atoms with E-state index in [4.69, 9.17) is 25.8 Å². The number of nitrogens with zero attached hydrogens (tertiary/aromatic N) is 1. The first kappa shape index (κ1) is 24.2. The first-order valence-electron chi connectivity index (χ1n) is 9.43. The van der Waals surface area contributed by atoms with E-state index >= 15 is 0 Å². The number of benzene rings is 2. The lowest BCUT2D eigenvalue weighted by atomic mass is 10.2. The molecule has 0 bridgehead atoms. The lowest BCUT2D eigenvalue weighted by Crippen LogP contribution is -2.19. The summed E-state index contributed by atoms with van der Waals surface area (Å²) in [6.45, 7) is 0.473. The number of aromatic amines is 1. The normalized spacial score (nSPS) is 11.7. The Labute approximate surface area is 201 Å². The fourth-order valence-corrected chi connectivity index (χ4v) is 4.57. The van der Waals surface area contributed by atoms with Gasteiger partial charge in [-0.2, -0.15) is 0 Å². The van der Waals surface area contributed by atoms with Gasteiger partial charge in [0.1, 0.15) is 22.5 Å². The second-order valence-electron chi connectivity index (χ2n) is 6.42. The Bertz CT molecular complexity index is 1130. The first-order valence-corrected chi connectivity index (χ1v) is 11.9. The summed E-state index contributed by atoms with van der Waals surface area (Å²) >= 11 is 8.03. The molecule has 0 aliphatic rings. The molecule has 32 heavy (non-hydrogen) atoms. The second kappa shape index (κ2) is 11.5. The second-order valence-corrected chi connectivity index (χ2v) is 9.16. The number of hydrogen-bond donors (Lipinski definition) is 2. The number of anilines is 1. The third kappa shape index (κ3) is 5.89. The molecule has 3 aromatic rings. The number of nitrogens with one attached hydrogen (secondary N) is 2. The third-order valence-corrected chi connectivity index (χ3v) is 6.98. The molecule has 0 radical (unpaired) electrons. The third-order valence-electron chi connectivity index (χ3n) is 4.40. The largest absolute Gasteiger partial charge is 0.611 e. The van der Waals surface area contributed by atoms with Gasteiger partial charge in [-0.15, -0.1) is 5.10 Å². The van der Waals surface area contributed by atoms with Gasteiger partial charge in [-0.3, -0.25) is 4.79 Å². The summed E-state index contributed by atoms with van der Waals surface area (Å²) in [6, 6.07) is 12.4. The van der Waals surface area contributed by atoms with Crippen molar-refractivity contribution in [2.45, 2.75) is 11.4 Å². The first-order chi connectivity index (χ1) is 15.4. The van der Waals surface area contributed by atoms with Crippen molar-refractivity contribution in [3.63, 3.8) is 0 Å². The minimum absolute atomic E-state index is 0.106. The molecule has 8 nitrogen and oxygen atoms in total. The summed E-state index contributed by atoms with van der Waals surface area (Å²) in [5.41, 5.74) is 0.861. The molecule has 0 fully saturated rings. The van der Waals surface area contributed by atoms with Gasteiger partial charge in [0.25, 0.3) is 11.4 Å². The van der Waals surface area contributed by atoms with Crippen molar-refractivity contribution in [2.24, 2.45) is 0 Å². The van der Waals surface area contributed by atoms with Crippen LogP contribution in [0.1, 0.15) is 5.56 Å². The zero-order valence-electron chi connectivity index (χ0n) is 17.3. The Morgan fingerprint density at radius 1 is 1.19 bits per heavy atom. The number of aromatic nitrogens is 2. The Hall–Kier alpha value is -2.40. The molecule has 0 saturated carbocycles. The quantitative estimate of drug-likeness (QED) is 0.373. The smallest absolute Gasteiger partial charge is 0.280 e. The highest BCUT2D eigenvalue weighted by atomic mass is 79.9. The Morgan fingerprint density at radius 3 is 2.66 bits per heavy atom. The van der Waals surface area contributed by atoms with Crippen LogP contribution in [-0.2, 0) is 17.7 Å². The van der Waals surface area contributed by atoms with Crippen LogP contribution in [0.3, 0.4) is 0 Å². The van der Waals surface area contributed by atoms with Crippen molar-refractivity contribution in [3.8, 4) is 17.4 Å². The zero-order chi connectivity index (χ0) is 23.1. The molecule has 2 N–H and O–H groups in total. The highest BCUT2D eigenvalue weighted by molar-refractivity contribution is 9.10. The number of methoxy groups -OCH3 is 2. The lowest BCUT2D eigenvalue weighted by Gasteiger charge is -2.15. The number of hydrogen-bond acceptors (Lipinski definition) is 7. The standard InChI is InChI=1S/C21H21BrClN3O5S/c1-29-15-8-7-13(11-16(15)30-2)12-24-19-18(22)20(27)25-26-21(19)31-9-10-32(28)17-6-4-3-5-14(17)23/h3-8,11H,9-10,12H2,1-2H3,(H2,24,25,27). The minimum atomic E-state index is -1.34. The number of H-pyrrole nitrogens is 1. The molecule has 0 amide bonds. The molecule has 0 spiro atoms. The molecule has 1 unspecified atom stereocenters. The predicted octanol–water partition coefficient (Wildman–Crippen LogP) is 4.00. The van der Waals surface area contributed by atoms with Gasteiger partial charge in [-0.1, -0.05) is 29.8 Å². The average molecular weight is 543 g/mol. The minimum Gasteiger partial charge on any atom is -0.611 e. The maximum absolute atomic E-state index is 12.5. The summed E-state index contributed by atoms with van der Waals surface area (Å²) in [5, 5.41) is 9.94. The summed E-state index contributed by atoms with van der Waals surface area (Å²) < 4.78 is 29.0. The Morgan fingerprint density at radius 2 is 1.94 bits per heavy atom. The molecule has 3 rings (SSSR count). The van der Waals surface area contributed by atoms with Crippen LogP contribution in [-0.4, -0.2) is 41.3 Å². The molecule has 0 saturated heterocycles. The van der Waals surface area contributed by atoms with Gasteiger partial charge >= 0.3 is 0 Å². The molecular formula is C21H21BrClN3O5S. The topological polar surface area (TPSA) is 109 Å². The summed E-state index contributed by atoms with van der Waals surface area (Å²) in [4.78, 5) is 12.6. The van der Waals surface area contributed by atoms with Crippen LogP contribution >= 0.6 is 27.5 Å². The van der Waals surface area contributed by atoms with Gasteiger partial charge in [-0.25, -0.2) is 5.10 Å². The van der Waals surface area contributed by atoms with E-state index in [-0.39, 0.29) is 22.7 Å². The van der Waals surface area contributed by atoms with E-state index in [2.05, 4.69) is 31.4 Å². The van der Waals surface area contributed by atoms with Gasteiger partial charge in [-0.05, 0) is 56.9 Å². The van der Waals surface area contributed by atoms with Crippen molar-refractivity contribution in [3.05, 3.63) is 67.9 Å². The summed E-state index contributed by atoms with van der Waals surface area (Å²) in [7, 11) is 3.13. The predicted molar refractivity (Wildman–Crippen MR) is 128 cm³/mol. The van der Waals surface area contributed by atoms with E-state index in [1.54, 1.807) is 44.6 Å². The Balaban J connectivity index is 1.70. The maximum atomic E-state index is 12.5. The SMILES string of the molecule is COc1ccc(CNc2c(OCC[S+]([O-])c3ccccc3Cl)n[nH]c(=O)c2Br)cc1OC. The van der Waals surface area contributed by atoms with Crippen molar-refractivity contribution < 1.29 is 18.8 Å². The van der Waals surface area contributed by atoms with Crippen LogP contribution in [0.2, 0.25) is 5.02 Å². The fraction of sp³-hybridized carbons (Fsp3) is 0.238. The number of ether oxygens (including phenoxy) is 3. The number of halogens is 2. The van der Waals surface area contributed by atoms with Crippen LogP contribution in [0, 0.1) is 0 Å². The van der Waals surface area contributed by atoms with Crippen molar-refractivity contribution in [1.82, 2.24) is 10.2 Å². The number of rotatable bonds is 10. The van der Waals surface area contributed by atoms with E-state index in [0.717, 1.165) is 5.56 Å². The lowest BCUT2D eigenvalue weighted by molar-refractivity contribution is 0.324. The molecule has 1 atom stereocenters. The van der Waals surface area contributed by atoms with Crippen LogP contribution < -0.4 is 25.1 Å². The van der Waals surface area contributed by atoms with E-state index in [1.807, 2.05) is 12.1 Å². The van der Waals surface area contributed by atoms with Gasteiger partial charge in [0.15, 0.2) is 16.4 Å². The Kier molecular flexibility index (Phi) is 8.68. The van der Waals surface area contributed by atoms with Gasteiger partial charge < -0.3 is 24.1 Å². The summed E-state index contributed by atoms with van der Waals surface area (Å²) in [5.74, 6) is 1.59. The average Bonchev–Trinajstić information content (AvgIpc) is 2.80. The van der Waals surface area contributed by atoms with Gasteiger partial charge in [0.2, 0.25) is 0 Å². The molecule has 1 heterocycles. The van der Waals surface area contributed by atoms with E-state index < -0.39 is 16.7 Å². The maximum Gasteiger partial charge on any atom is 0.280 e. The highest BCUT2D eigenvalue weighted by Crippen LogP contribution is 2.30. The van der Waals surface area contributed by atoms with E-state index in [1.165, 1.54) is 0 Å². The molecule has 0 aliphatic heterocycles. The molecular weight excluding hydrogens is 522 g/mol. The molecule has 1 aromatic heterocycles. The van der Waals surface area contributed by atoms with Crippen LogP contribution in [0.15, 0.2) is 56.6 Å². The zero-order valence-corrected chi connectivity index (χ0v) is 20.5. The summed E-state index contributed by atoms with van der Waals surface area (Å²) in [6.07, 6.45) is 0. The monoisotopic (exact) mass is 541 g/mol. The fourth-order valence-electron chi connectivity index (χ4n) is 2.81. The molecule has 2 aromatic carbocycles. The van der Waals surface area contributed by atoms with E-state index in [0.29, 0.717) is 33.6 Å². The van der Waals surface area contributed by atoms with Gasteiger partial charge in [0.05, 0.1) is 19.2 Å². The van der Waals surface area contributed by atoms with Crippen molar-refractivity contribution in [1.29, 1.82) is 0 Å². The van der Waals surface area contributed by atoms with E-state index in [9.17, 15) is 9.35 Å². The van der Waals surface area contributed by atoms with Crippen LogP contribution in [0.5, 0.6) is 17.4 Å². The van der Waals surface area contributed by atoms with Crippen molar-refractivity contribution >= 4 is 44.4 Å². The van der Waals surface area contributed by atoms with Crippen LogP contribution in [0.4, 0.5) is 5.69 Å². The molecule has 0 aliphatic carbocycles. The van der Waals surface area contributed by atoms with Crippen molar-refractivity contribution in [2.75, 3.05) is 31.9 Å².